The van der Waals surface area contributed by atoms with E-state index in [4.69, 9.17) is 4.74 Å². The van der Waals surface area contributed by atoms with Crippen LogP contribution in [0.1, 0.15) is 32.3 Å². The van der Waals surface area contributed by atoms with Gasteiger partial charge in [-0.3, -0.25) is 4.79 Å². The van der Waals surface area contributed by atoms with Crippen LogP contribution in [0.15, 0.2) is 54.6 Å². The Bertz CT molecular complexity index is 798. The van der Waals surface area contributed by atoms with Gasteiger partial charge in [0.05, 0.1) is 11.5 Å². The number of hydrogen-bond donors (Lipinski definition) is 3. The van der Waals surface area contributed by atoms with Crippen LogP contribution in [0, 0.1) is 0 Å². The zero-order valence-corrected chi connectivity index (χ0v) is 16.3. The van der Waals surface area contributed by atoms with Crippen LogP contribution in [-0.2, 0) is 14.9 Å². The van der Waals surface area contributed by atoms with Crippen molar-refractivity contribution >= 4 is 23.3 Å². The van der Waals surface area contributed by atoms with Gasteiger partial charge in [0.15, 0.2) is 0 Å². The van der Waals surface area contributed by atoms with Crippen molar-refractivity contribution in [1.82, 2.24) is 5.32 Å². The molecule has 0 bridgehead atoms. The van der Waals surface area contributed by atoms with Crippen molar-refractivity contribution in [3.05, 3.63) is 60.2 Å². The Morgan fingerprint density at radius 1 is 1.00 bits per heavy atom. The highest BCUT2D eigenvalue weighted by Crippen LogP contribution is 2.25. The number of ether oxygens (including phenoxy) is 1. The van der Waals surface area contributed by atoms with Gasteiger partial charge in [0.2, 0.25) is 5.91 Å². The monoisotopic (exact) mass is 381 g/mol. The van der Waals surface area contributed by atoms with Crippen LogP contribution in [0.2, 0.25) is 0 Å². The van der Waals surface area contributed by atoms with Gasteiger partial charge in [-0.1, -0.05) is 30.3 Å². The number of anilines is 2. The number of amides is 3. The van der Waals surface area contributed by atoms with Crippen molar-refractivity contribution in [2.75, 3.05) is 23.8 Å². The lowest BCUT2D eigenvalue weighted by Gasteiger charge is -2.24. The third kappa shape index (κ3) is 5.10. The van der Waals surface area contributed by atoms with E-state index >= 15 is 0 Å². The first-order chi connectivity index (χ1) is 13.4. The molecule has 6 heteroatoms. The first kappa shape index (κ1) is 19.9. The van der Waals surface area contributed by atoms with Crippen molar-refractivity contribution in [1.29, 1.82) is 0 Å². The summed E-state index contributed by atoms with van der Waals surface area (Å²) in [7, 11) is 0. The van der Waals surface area contributed by atoms with Crippen LogP contribution < -0.4 is 16.0 Å². The predicted octanol–water partition coefficient (Wildman–Crippen LogP) is 3.90. The molecule has 3 N–H and O–H groups in total. The first-order valence-electron chi connectivity index (χ1n) is 9.58. The quantitative estimate of drug-likeness (QED) is 0.710. The Kier molecular flexibility index (Phi) is 6.31. The summed E-state index contributed by atoms with van der Waals surface area (Å²) in [6.07, 6.45) is 2.13. The minimum atomic E-state index is -0.652. The number of rotatable bonds is 6. The maximum absolute atomic E-state index is 12.7. The van der Waals surface area contributed by atoms with Crippen LogP contribution in [0.5, 0.6) is 0 Å². The molecular weight excluding hydrogens is 354 g/mol. The third-order valence-corrected chi connectivity index (χ3v) is 4.98. The second kappa shape index (κ2) is 8.89. The van der Waals surface area contributed by atoms with Gasteiger partial charge in [-0.15, -0.1) is 0 Å². The molecule has 0 spiro atoms. The average molecular weight is 381 g/mol. The molecule has 1 heterocycles. The van der Waals surface area contributed by atoms with Crippen molar-refractivity contribution in [3.63, 3.8) is 0 Å². The molecule has 1 unspecified atom stereocenters. The summed E-state index contributed by atoms with van der Waals surface area (Å²) in [6, 6.07) is 16.5. The Hall–Kier alpha value is -2.86. The second-order valence-corrected chi connectivity index (χ2v) is 7.49. The Balaban J connectivity index is 1.52. The topological polar surface area (TPSA) is 79.5 Å². The summed E-state index contributed by atoms with van der Waals surface area (Å²) in [5.41, 5.74) is 1.64. The van der Waals surface area contributed by atoms with Crippen molar-refractivity contribution in [2.24, 2.45) is 0 Å². The number of benzene rings is 2. The van der Waals surface area contributed by atoms with Crippen LogP contribution in [0.25, 0.3) is 0 Å². The lowest BCUT2D eigenvalue weighted by Crippen LogP contribution is -2.35. The molecule has 28 heavy (non-hydrogen) atoms. The molecule has 1 atom stereocenters. The predicted molar refractivity (Wildman–Crippen MR) is 111 cm³/mol. The molecule has 3 amide bonds. The highest BCUT2D eigenvalue weighted by atomic mass is 16.5. The zero-order valence-electron chi connectivity index (χ0n) is 16.3. The van der Waals surface area contributed by atoms with E-state index < -0.39 is 5.41 Å². The van der Waals surface area contributed by atoms with E-state index in [1.807, 2.05) is 44.2 Å². The highest BCUT2D eigenvalue weighted by molar-refractivity contribution is 5.98. The summed E-state index contributed by atoms with van der Waals surface area (Å²) < 4.78 is 5.48. The molecule has 6 nitrogen and oxygen atoms in total. The fraction of sp³-hybridized carbons (Fsp3) is 0.364. The fourth-order valence-corrected chi connectivity index (χ4v) is 3.10. The molecule has 1 aliphatic rings. The standard InChI is InChI=1S/C22H27N3O3/c1-22(2,16-7-4-3-5-8-16)20(26)24-17-10-12-18(13-11-17)25-21(27)23-15-19-9-6-14-28-19/h3-5,7-8,10-13,19H,6,9,14-15H2,1-2H3,(H,24,26)(H2,23,25,27). The van der Waals surface area contributed by atoms with E-state index in [0.717, 1.165) is 25.0 Å². The van der Waals surface area contributed by atoms with Crippen LogP contribution >= 0.6 is 0 Å². The normalized spacial score (nSPS) is 16.4. The third-order valence-electron chi connectivity index (χ3n) is 4.98. The number of nitrogens with one attached hydrogen (secondary N) is 3. The fourth-order valence-electron chi connectivity index (χ4n) is 3.10. The van der Waals surface area contributed by atoms with Crippen molar-refractivity contribution in [3.8, 4) is 0 Å². The molecular formula is C22H27N3O3. The highest BCUT2D eigenvalue weighted by Gasteiger charge is 2.29. The Morgan fingerprint density at radius 2 is 1.64 bits per heavy atom. The van der Waals surface area contributed by atoms with Crippen LogP contribution in [0.3, 0.4) is 0 Å². The first-order valence-corrected chi connectivity index (χ1v) is 9.58. The van der Waals surface area contributed by atoms with E-state index in [9.17, 15) is 9.59 Å². The molecule has 0 saturated carbocycles. The molecule has 0 aliphatic carbocycles. The molecule has 1 fully saturated rings. The molecule has 2 aromatic carbocycles. The molecule has 1 saturated heterocycles. The van der Waals surface area contributed by atoms with Crippen LogP contribution in [0.4, 0.5) is 16.2 Å². The number of carbonyl (C=O) groups is 2. The molecule has 0 radical (unpaired) electrons. The average Bonchev–Trinajstić information content (AvgIpc) is 3.22. The molecule has 2 aromatic rings. The maximum Gasteiger partial charge on any atom is 0.319 e. The minimum Gasteiger partial charge on any atom is -0.376 e. The summed E-state index contributed by atoms with van der Waals surface area (Å²) in [5.74, 6) is -0.0892. The van der Waals surface area contributed by atoms with Gasteiger partial charge in [0.25, 0.3) is 0 Å². The SMILES string of the molecule is CC(C)(C(=O)Nc1ccc(NC(=O)NCC2CCCO2)cc1)c1ccccc1. The largest absolute Gasteiger partial charge is 0.376 e. The van der Waals surface area contributed by atoms with Crippen molar-refractivity contribution < 1.29 is 14.3 Å². The smallest absolute Gasteiger partial charge is 0.319 e. The number of hydrogen-bond acceptors (Lipinski definition) is 3. The second-order valence-electron chi connectivity index (χ2n) is 7.49. The van der Waals surface area contributed by atoms with E-state index in [2.05, 4.69) is 16.0 Å². The molecule has 148 valence electrons. The van der Waals surface area contributed by atoms with Gasteiger partial charge in [-0.2, -0.15) is 0 Å². The lowest BCUT2D eigenvalue weighted by atomic mass is 9.83. The van der Waals surface area contributed by atoms with Crippen LogP contribution in [-0.4, -0.2) is 31.2 Å². The van der Waals surface area contributed by atoms with Gasteiger partial charge in [0, 0.05) is 24.5 Å². The summed E-state index contributed by atoms with van der Waals surface area (Å²) in [5, 5.41) is 8.54. The minimum absolute atomic E-state index is 0.0892. The summed E-state index contributed by atoms with van der Waals surface area (Å²) in [6.45, 7) is 5.06. The lowest BCUT2D eigenvalue weighted by molar-refractivity contribution is -0.120. The zero-order chi connectivity index (χ0) is 20.0. The van der Waals surface area contributed by atoms with Gasteiger partial charge in [-0.25, -0.2) is 4.79 Å². The number of carbonyl (C=O) groups excluding carboxylic acids is 2. The van der Waals surface area contributed by atoms with Gasteiger partial charge >= 0.3 is 6.03 Å². The maximum atomic E-state index is 12.7. The summed E-state index contributed by atoms with van der Waals surface area (Å²) in [4.78, 5) is 24.7. The Morgan fingerprint density at radius 3 is 2.25 bits per heavy atom. The number of urea groups is 1. The Labute approximate surface area is 165 Å². The van der Waals surface area contributed by atoms with Gasteiger partial charge < -0.3 is 20.7 Å². The molecule has 1 aliphatic heterocycles. The van der Waals surface area contributed by atoms with Gasteiger partial charge in [-0.05, 0) is 56.5 Å². The van der Waals surface area contributed by atoms with E-state index in [0.29, 0.717) is 17.9 Å². The molecule has 3 rings (SSSR count). The molecule has 0 aromatic heterocycles. The van der Waals surface area contributed by atoms with E-state index in [1.54, 1.807) is 24.3 Å². The van der Waals surface area contributed by atoms with Gasteiger partial charge in [0.1, 0.15) is 0 Å². The van der Waals surface area contributed by atoms with Crippen molar-refractivity contribution in [2.45, 2.75) is 38.2 Å². The van der Waals surface area contributed by atoms with E-state index in [-0.39, 0.29) is 18.0 Å². The summed E-state index contributed by atoms with van der Waals surface area (Å²) >= 11 is 0. The van der Waals surface area contributed by atoms with E-state index in [1.165, 1.54) is 0 Å².